The predicted octanol–water partition coefficient (Wildman–Crippen LogP) is 3.38. The molecule has 1 saturated heterocycles. The molecule has 0 unspecified atom stereocenters. The number of aryl methyl sites for hydroxylation is 1. The van der Waals surface area contributed by atoms with E-state index in [0.29, 0.717) is 5.82 Å². The first-order valence-electron chi connectivity index (χ1n) is 11.3. The molecule has 1 fully saturated rings. The first kappa shape index (κ1) is 22.0. The van der Waals surface area contributed by atoms with Crippen molar-refractivity contribution in [1.82, 2.24) is 30.4 Å². The third-order valence-corrected chi connectivity index (χ3v) is 6.18. The molecule has 34 heavy (non-hydrogen) atoms. The fourth-order valence-corrected chi connectivity index (χ4v) is 4.36. The zero-order valence-corrected chi connectivity index (χ0v) is 18.9. The van der Waals surface area contributed by atoms with E-state index in [4.69, 9.17) is 10.8 Å². The number of piperidine rings is 1. The minimum Gasteiger partial charge on any atom is -0.383 e. The van der Waals surface area contributed by atoms with Crippen molar-refractivity contribution < 1.29 is 9.18 Å². The second-order valence-electron chi connectivity index (χ2n) is 8.61. The number of anilines is 1. The number of nitrogen functional groups attached to an aromatic ring is 1. The lowest BCUT2D eigenvalue weighted by Crippen LogP contribution is -2.32. The van der Waals surface area contributed by atoms with E-state index < -0.39 is 11.7 Å². The Morgan fingerprint density at radius 2 is 2.06 bits per heavy atom. The highest BCUT2D eigenvalue weighted by Crippen LogP contribution is 2.33. The molecule has 0 bridgehead atoms. The van der Waals surface area contributed by atoms with Crippen LogP contribution in [-0.2, 0) is 6.54 Å². The molecular weight excluding hydrogens is 433 g/mol. The fourth-order valence-electron chi connectivity index (χ4n) is 4.36. The summed E-state index contributed by atoms with van der Waals surface area (Å²) in [5, 5.41) is 11.8. The van der Waals surface area contributed by atoms with Gasteiger partial charge in [-0.2, -0.15) is 5.10 Å². The third kappa shape index (κ3) is 4.22. The summed E-state index contributed by atoms with van der Waals surface area (Å²) in [6, 6.07) is 12.5. The maximum absolute atomic E-state index is 14.1. The Kier molecular flexibility index (Phi) is 5.93. The lowest BCUT2D eigenvalue weighted by atomic mass is 10.1. The van der Waals surface area contributed by atoms with Crippen LogP contribution in [0.25, 0.3) is 22.3 Å². The van der Waals surface area contributed by atoms with Crippen LogP contribution in [0.4, 0.5) is 10.2 Å². The summed E-state index contributed by atoms with van der Waals surface area (Å²) in [6.07, 6.45) is 3.57. The first-order valence-corrected chi connectivity index (χ1v) is 11.3. The lowest BCUT2D eigenvalue weighted by Gasteiger charge is -2.23. The molecule has 3 heterocycles. The van der Waals surface area contributed by atoms with Crippen molar-refractivity contribution in [2.45, 2.75) is 32.4 Å². The highest BCUT2D eigenvalue weighted by Gasteiger charge is 2.23. The maximum atomic E-state index is 14.1. The number of amides is 1. The number of nitrogens with one attached hydrogen (secondary N) is 2. The third-order valence-electron chi connectivity index (χ3n) is 6.18. The predicted molar refractivity (Wildman–Crippen MR) is 129 cm³/mol. The number of carbonyl (C=O) groups is 1. The van der Waals surface area contributed by atoms with Crippen LogP contribution in [0.15, 0.2) is 48.8 Å². The number of aromatic nitrogens is 4. The van der Waals surface area contributed by atoms with Gasteiger partial charge in [-0.1, -0.05) is 30.3 Å². The van der Waals surface area contributed by atoms with E-state index in [1.807, 2.05) is 28.9 Å². The van der Waals surface area contributed by atoms with Gasteiger partial charge in [-0.3, -0.25) is 4.79 Å². The Morgan fingerprint density at radius 1 is 1.24 bits per heavy atom. The minimum atomic E-state index is -0.525. The van der Waals surface area contributed by atoms with E-state index in [-0.39, 0.29) is 18.2 Å². The summed E-state index contributed by atoms with van der Waals surface area (Å²) >= 11 is 0. The van der Waals surface area contributed by atoms with E-state index in [9.17, 15) is 9.18 Å². The number of hydrogen-bond acceptors (Lipinski definition) is 6. The van der Waals surface area contributed by atoms with Crippen molar-refractivity contribution in [2.75, 3.05) is 18.8 Å². The van der Waals surface area contributed by atoms with Crippen molar-refractivity contribution in [3.05, 3.63) is 71.3 Å². The number of benzene rings is 2. The van der Waals surface area contributed by atoms with Gasteiger partial charge in [-0.05, 0) is 49.6 Å². The van der Waals surface area contributed by atoms with Gasteiger partial charge in [0, 0.05) is 18.7 Å². The molecule has 9 heteroatoms. The Labute approximate surface area is 196 Å². The molecule has 1 aliphatic heterocycles. The molecule has 1 amide bonds. The van der Waals surface area contributed by atoms with Crippen LogP contribution in [0.3, 0.4) is 0 Å². The van der Waals surface area contributed by atoms with Gasteiger partial charge >= 0.3 is 0 Å². The van der Waals surface area contributed by atoms with Crippen LogP contribution in [0.1, 0.15) is 40.4 Å². The standard InChI is InChI=1S/C25H26FN7O/c1-15-4-9-19(20(26)11-15)25(34)29-12-16-5-7-17(8-6-16)22-21-23(27)30-14-31-24(21)33(32-22)18-3-2-10-28-13-18/h4-9,11,14,18,28H,2-3,10,12-13H2,1H3,(H,29,34)(H2,27,30,31)/t18-/m1/s1. The summed E-state index contributed by atoms with van der Waals surface area (Å²) < 4.78 is 16.0. The molecule has 4 aromatic rings. The normalized spacial score (nSPS) is 16.0. The topological polar surface area (TPSA) is 111 Å². The second kappa shape index (κ2) is 9.18. The van der Waals surface area contributed by atoms with Crippen LogP contribution in [0.2, 0.25) is 0 Å². The highest BCUT2D eigenvalue weighted by atomic mass is 19.1. The van der Waals surface area contributed by atoms with Gasteiger partial charge in [0.05, 0.1) is 17.0 Å². The van der Waals surface area contributed by atoms with Crippen LogP contribution < -0.4 is 16.4 Å². The number of nitrogens with two attached hydrogens (primary N) is 1. The van der Waals surface area contributed by atoms with E-state index >= 15 is 0 Å². The molecule has 5 rings (SSSR count). The van der Waals surface area contributed by atoms with Gasteiger partial charge in [0.15, 0.2) is 5.65 Å². The molecule has 0 spiro atoms. The summed E-state index contributed by atoms with van der Waals surface area (Å²) in [6.45, 7) is 3.90. The smallest absolute Gasteiger partial charge is 0.254 e. The van der Waals surface area contributed by atoms with E-state index in [0.717, 1.165) is 59.3 Å². The van der Waals surface area contributed by atoms with Gasteiger partial charge < -0.3 is 16.4 Å². The van der Waals surface area contributed by atoms with Crippen molar-refractivity contribution >= 4 is 22.8 Å². The van der Waals surface area contributed by atoms with E-state index in [1.54, 1.807) is 13.0 Å². The molecule has 2 aromatic carbocycles. The van der Waals surface area contributed by atoms with Crippen molar-refractivity contribution in [1.29, 1.82) is 0 Å². The van der Waals surface area contributed by atoms with Crippen LogP contribution >= 0.6 is 0 Å². The molecule has 174 valence electrons. The Morgan fingerprint density at radius 3 is 2.79 bits per heavy atom. The minimum absolute atomic E-state index is 0.0342. The molecule has 0 radical (unpaired) electrons. The largest absolute Gasteiger partial charge is 0.383 e. The van der Waals surface area contributed by atoms with Crippen LogP contribution in [0.5, 0.6) is 0 Å². The number of fused-ring (bicyclic) bond motifs is 1. The molecular formula is C25H26FN7O. The highest BCUT2D eigenvalue weighted by molar-refractivity contribution is 5.98. The van der Waals surface area contributed by atoms with Gasteiger partial charge in [0.1, 0.15) is 23.7 Å². The first-order chi connectivity index (χ1) is 16.5. The molecule has 2 aromatic heterocycles. The molecule has 1 atom stereocenters. The van der Waals surface area contributed by atoms with Gasteiger partial charge in [0.25, 0.3) is 5.91 Å². The number of halogens is 1. The number of nitrogens with zero attached hydrogens (tertiary/aromatic N) is 4. The SMILES string of the molecule is Cc1ccc(C(=O)NCc2ccc(-c3nn([C@@H]4CCCNC4)c4ncnc(N)c34)cc2)c(F)c1. The monoisotopic (exact) mass is 459 g/mol. The van der Waals surface area contributed by atoms with Crippen molar-refractivity contribution in [2.24, 2.45) is 0 Å². The quantitative estimate of drug-likeness (QED) is 0.422. The maximum Gasteiger partial charge on any atom is 0.254 e. The fraction of sp³-hybridized carbons (Fsp3) is 0.280. The Hall–Kier alpha value is -3.85. The Balaban J connectivity index is 1.38. The van der Waals surface area contributed by atoms with Crippen molar-refractivity contribution in [3.8, 4) is 11.3 Å². The molecule has 0 saturated carbocycles. The number of rotatable bonds is 5. The van der Waals surface area contributed by atoms with Crippen LogP contribution in [-0.4, -0.2) is 38.7 Å². The molecule has 4 N–H and O–H groups in total. The molecule has 8 nitrogen and oxygen atoms in total. The van der Waals surface area contributed by atoms with E-state index in [1.165, 1.54) is 18.5 Å². The van der Waals surface area contributed by atoms with Gasteiger partial charge in [-0.25, -0.2) is 19.0 Å². The zero-order valence-electron chi connectivity index (χ0n) is 18.9. The second-order valence-corrected chi connectivity index (χ2v) is 8.61. The van der Waals surface area contributed by atoms with Crippen LogP contribution in [0, 0.1) is 12.7 Å². The molecule has 1 aliphatic rings. The van der Waals surface area contributed by atoms with Gasteiger partial charge in [-0.15, -0.1) is 0 Å². The summed E-state index contributed by atoms with van der Waals surface area (Å²) in [4.78, 5) is 21.0. The lowest BCUT2D eigenvalue weighted by molar-refractivity contribution is 0.0947. The summed E-state index contributed by atoms with van der Waals surface area (Å²) in [7, 11) is 0. The molecule has 0 aliphatic carbocycles. The Bertz CT molecular complexity index is 1340. The van der Waals surface area contributed by atoms with E-state index in [2.05, 4.69) is 20.6 Å². The van der Waals surface area contributed by atoms with Gasteiger partial charge in [0.2, 0.25) is 0 Å². The average Bonchev–Trinajstić information content (AvgIpc) is 3.24. The van der Waals surface area contributed by atoms with Crippen molar-refractivity contribution in [3.63, 3.8) is 0 Å². The summed E-state index contributed by atoms with van der Waals surface area (Å²) in [5.41, 5.74) is 10.3. The summed E-state index contributed by atoms with van der Waals surface area (Å²) in [5.74, 6) is -0.577. The zero-order chi connectivity index (χ0) is 23.7. The average molecular weight is 460 g/mol. The number of carbonyl (C=O) groups excluding carboxylic acids is 1. The number of hydrogen-bond donors (Lipinski definition) is 3.